The number of hydrogen-bond acceptors (Lipinski definition) is 2. The summed E-state index contributed by atoms with van der Waals surface area (Å²) in [6, 6.07) is 18.8. The van der Waals surface area contributed by atoms with Crippen LogP contribution in [0.2, 0.25) is 0 Å². The Morgan fingerprint density at radius 3 is 2.50 bits per heavy atom. The molecule has 2 heterocycles. The van der Waals surface area contributed by atoms with E-state index in [-0.39, 0.29) is 0 Å². The molecule has 0 unspecified atom stereocenters. The molecule has 0 spiro atoms. The van der Waals surface area contributed by atoms with Crippen LogP contribution in [0.5, 0.6) is 0 Å². The third-order valence-electron chi connectivity index (χ3n) is 3.41. The lowest BCUT2D eigenvalue weighted by Gasteiger charge is -2.02. The van der Waals surface area contributed by atoms with Crippen molar-refractivity contribution in [2.24, 2.45) is 0 Å². The molecule has 20 heavy (non-hydrogen) atoms. The third-order valence-corrected chi connectivity index (χ3v) is 4.21. The average molecular weight is 276 g/mol. The van der Waals surface area contributed by atoms with E-state index in [1.165, 1.54) is 16.5 Å². The largest absolute Gasteiger partial charge is 0.354 e. The lowest BCUT2D eigenvalue weighted by molar-refractivity contribution is 1.40. The van der Waals surface area contributed by atoms with Crippen molar-refractivity contribution in [3.05, 3.63) is 66.2 Å². The predicted molar refractivity (Wildman–Crippen MR) is 84.8 cm³/mol. The first kappa shape index (κ1) is 11.4. The van der Waals surface area contributed by atoms with Gasteiger partial charge >= 0.3 is 0 Å². The fraction of sp³-hybridized carbons (Fsp3) is 0. The van der Waals surface area contributed by atoms with Crippen LogP contribution in [-0.4, -0.2) is 9.97 Å². The van der Waals surface area contributed by atoms with Crippen molar-refractivity contribution in [1.82, 2.24) is 9.97 Å². The van der Waals surface area contributed by atoms with Crippen molar-refractivity contribution in [2.75, 3.05) is 0 Å². The summed E-state index contributed by atoms with van der Waals surface area (Å²) in [6.07, 6.45) is 1.86. The zero-order valence-electron chi connectivity index (χ0n) is 10.7. The number of aromatic amines is 1. The average Bonchev–Trinajstić information content (AvgIpc) is 3.14. The predicted octanol–water partition coefficient (Wildman–Crippen LogP) is 4.96. The molecule has 96 valence electrons. The second-order valence-electron chi connectivity index (χ2n) is 4.62. The molecule has 0 aliphatic carbocycles. The highest BCUT2D eigenvalue weighted by molar-refractivity contribution is 7.13. The molecule has 0 aliphatic rings. The van der Waals surface area contributed by atoms with Gasteiger partial charge in [0.1, 0.15) is 5.01 Å². The van der Waals surface area contributed by atoms with Gasteiger partial charge in [0, 0.05) is 28.0 Å². The summed E-state index contributed by atoms with van der Waals surface area (Å²) in [5, 5.41) is 4.30. The van der Waals surface area contributed by atoms with Gasteiger partial charge in [-0.2, -0.15) is 0 Å². The lowest BCUT2D eigenvalue weighted by Crippen LogP contribution is -1.81. The fourth-order valence-corrected chi connectivity index (χ4v) is 3.23. The van der Waals surface area contributed by atoms with Crippen LogP contribution >= 0.6 is 11.3 Å². The molecule has 2 aromatic carbocycles. The van der Waals surface area contributed by atoms with Crippen LogP contribution in [0.25, 0.3) is 32.7 Å². The summed E-state index contributed by atoms with van der Waals surface area (Å²) < 4.78 is 0. The molecule has 0 saturated heterocycles. The maximum atomic E-state index is 4.49. The van der Waals surface area contributed by atoms with E-state index in [0.29, 0.717) is 0 Å². The summed E-state index contributed by atoms with van der Waals surface area (Å²) in [6.45, 7) is 0. The number of benzene rings is 2. The number of hydrogen-bond donors (Lipinski definition) is 1. The summed E-state index contributed by atoms with van der Waals surface area (Å²) in [5.41, 5.74) is 4.68. The molecule has 0 fully saturated rings. The molecule has 3 heteroatoms. The Bertz CT molecular complexity index is 845. The van der Waals surface area contributed by atoms with Crippen molar-refractivity contribution in [3.63, 3.8) is 0 Å². The van der Waals surface area contributed by atoms with Gasteiger partial charge in [-0.15, -0.1) is 11.3 Å². The van der Waals surface area contributed by atoms with E-state index in [9.17, 15) is 0 Å². The molecule has 2 nitrogen and oxygen atoms in total. The first-order chi connectivity index (χ1) is 9.93. The van der Waals surface area contributed by atoms with Crippen LogP contribution in [0.1, 0.15) is 0 Å². The number of thiazole rings is 1. The standard InChI is InChI=1S/C17H12N2S/c1-2-6-12(7-3-1)16-15(17-18-10-11-20-17)13-8-4-5-9-14(13)19-16/h1-11,19H. The van der Waals surface area contributed by atoms with Crippen LogP contribution in [0.15, 0.2) is 66.2 Å². The molecule has 0 atom stereocenters. The van der Waals surface area contributed by atoms with Gasteiger partial charge in [-0.1, -0.05) is 48.5 Å². The van der Waals surface area contributed by atoms with Crippen molar-refractivity contribution >= 4 is 22.2 Å². The number of fused-ring (bicyclic) bond motifs is 1. The molecular weight excluding hydrogens is 264 g/mol. The van der Waals surface area contributed by atoms with Gasteiger partial charge < -0.3 is 4.98 Å². The van der Waals surface area contributed by atoms with E-state index >= 15 is 0 Å². The molecule has 2 aromatic heterocycles. The zero-order chi connectivity index (χ0) is 13.4. The smallest absolute Gasteiger partial charge is 0.126 e. The number of rotatable bonds is 2. The maximum Gasteiger partial charge on any atom is 0.126 e. The second kappa shape index (κ2) is 4.62. The zero-order valence-corrected chi connectivity index (χ0v) is 11.5. The van der Waals surface area contributed by atoms with E-state index in [1.54, 1.807) is 11.3 Å². The topological polar surface area (TPSA) is 28.7 Å². The quantitative estimate of drug-likeness (QED) is 0.551. The summed E-state index contributed by atoms with van der Waals surface area (Å²) >= 11 is 1.67. The van der Waals surface area contributed by atoms with Crippen molar-refractivity contribution in [3.8, 4) is 21.8 Å². The van der Waals surface area contributed by atoms with Crippen LogP contribution < -0.4 is 0 Å². The summed E-state index contributed by atoms with van der Waals surface area (Å²) in [7, 11) is 0. The number of H-pyrrole nitrogens is 1. The molecular formula is C17H12N2S. The molecule has 1 N–H and O–H groups in total. The Labute approximate surface area is 120 Å². The van der Waals surface area contributed by atoms with Crippen molar-refractivity contribution in [1.29, 1.82) is 0 Å². The Hall–Kier alpha value is -2.39. The van der Waals surface area contributed by atoms with Gasteiger partial charge in [-0.3, -0.25) is 0 Å². The molecule has 0 radical (unpaired) electrons. The number of para-hydroxylation sites is 1. The van der Waals surface area contributed by atoms with Crippen LogP contribution in [0.3, 0.4) is 0 Å². The minimum Gasteiger partial charge on any atom is -0.354 e. The SMILES string of the molecule is c1ccc(-c2[nH]c3ccccc3c2-c2nccs2)cc1. The summed E-state index contributed by atoms with van der Waals surface area (Å²) in [4.78, 5) is 8.03. The van der Waals surface area contributed by atoms with Crippen LogP contribution in [-0.2, 0) is 0 Å². The lowest BCUT2D eigenvalue weighted by atomic mass is 10.1. The van der Waals surface area contributed by atoms with Gasteiger partial charge in [-0.25, -0.2) is 4.98 Å². The first-order valence-corrected chi connectivity index (χ1v) is 7.37. The highest BCUT2D eigenvalue weighted by Gasteiger charge is 2.16. The Kier molecular flexibility index (Phi) is 2.64. The highest BCUT2D eigenvalue weighted by Crippen LogP contribution is 2.38. The number of aromatic nitrogens is 2. The number of nitrogens with one attached hydrogen (secondary N) is 1. The Balaban J connectivity index is 2.08. The van der Waals surface area contributed by atoms with Gasteiger partial charge in [0.25, 0.3) is 0 Å². The van der Waals surface area contributed by atoms with Crippen molar-refractivity contribution < 1.29 is 0 Å². The van der Waals surface area contributed by atoms with E-state index in [4.69, 9.17) is 0 Å². The Morgan fingerprint density at radius 1 is 0.900 bits per heavy atom. The monoisotopic (exact) mass is 276 g/mol. The van der Waals surface area contributed by atoms with Crippen molar-refractivity contribution in [2.45, 2.75) is 0 Å². The number of nitrogens with zero attached hydrogens (tertiary/aromatic N) is 1. The maximum absolute atomic E-state index is 4.49. The molecule has 0 amide bonds. The highest BCUT2D eigenvalue weighted by atomic mass is 32.1. The molecule has 4 rings (SSSR count). The molecule has 0 aliphatic heterocycles. The third kappa shape index (κ3) is 1.75. The first-order valence-electron chi connectivity index (χ1n) is 6.49. The van der Waals surface area contributed by atoms with Gasteiger partial charge in [0.05, 0.1) is 5.69 Å². The van der Waals surface area contributed by atoms with Gasteiger partial charge in [0.2, 0.25) is 0 Å². The second-order valence-corrected chi connectivity index (χ2v) is 5.52. The van der Waals surface area contributed by atoms with E-state index in [2.05, 4.69) is 58.5 Å². The molecule has 0 saturated carbocycles. The Morgan fingerprint density at radius 2 is 1.70 bits per heavy atom. The van der Waals surface area contributed by atoms with E-state index in [0.717, 1.165) is 16.2 Å². The van der Waals surface area contributed by atoms with Crippen LogP contribution in [0, 0.1) is 0 Å². The van der Waals surface area contributed by atoms with Crippen LogP contribution in [0.4, 0.5) is 0 Å². The molecule has 0 bridgehead atoms. The van der Waals surface area contributed by atoms with Gasteiger partial charge in [-0.05, 0) is 11.6 Å². The van der Waals surface area contributed by atoms with Gasteiger partial charge in [0.15, 0.2) is 0 Å². The minimum absolute atomic E-state index is 1.06. The normalized spacial score (nSPS) is 11.0. The van der Waals surface area contributed by atoms with E-state index in [1.807, 2.05) is 17.6 Å². The molecule has 4 aromatic rings. The van der Waals surface area contributed by atoms with E-state index < -0.39 is 0 Å². The summed E-state index contributed by atoms with van der Waals surface area (Å²) in [5.74, 6) is 0. The fourth-order valence-electron chi connectivity index (χ4n) is 2.53. The minimum atomic E-state index is 1.06.